The Morgan fingerprint density at radius 1 is 0.971 bits per heavy atom. The molecular formula is C27H27F3O4. The van der Waals surface area contributed by atoms with Gasteiger partial charge >= 0.3 is 12.1 Å². The van der Waals surface area contributed by atoms with Gasteiger partial charge in [0.15, 0.2) is 5.75 Å². The first-order valence-electron chi connectivity index (χ1n) is 11.1. The first kappa shape index (κ1) is 25.1. The summed E-state index contributed by atoms with van der Waals surface area (Å²) in [5.74, 6) is 0.498. The molecule has 0 aromatic heterocycles. The summed E-state index contributed by atoms with van der Waals surface area (Å²) in [6.45, 7) is 5.17. The average molecular weight is 473 g/mol. The van der Waals surface area contributed by atoms with Crippen molar-refractivity contribution >= 4 is 5.97 Å². The van der Waals surface area contributed by atoms with Crippen LogP contribution in [0.4, 0.5) is 13.2 Å². The normalized spacial score (nSPS) is 12.2. The number of rotatable bonds is 9. The van der Waals surface area contributed by atoms with Crippen molar-refractivity contribution < 1.29 is 32.5 Å². The minimum absolute atomic E-state index is 0.242. The second kappa shape index (κ2) is 11.1. The molecule has 7 heteroatoms. The van der Waals surface area contributed by atoms with Crippen molar-refractivity contribution in [1.82, 2.24) is 0 Å². The lowest BCUT2D eigenvalue weighted by atomic mass is 9.97. The predicted molar refractivity (Wildman–Crippen MR) is 123 cm³/mol. The molecule has 4 nitrogen and oxygen atoms in total. The van der Waals surface area contributed by atoms with Gasteiger partial charge in [-0.1, -0.05) is 43.7 Å². The Kier molecular flexibility index (Phi) is 8.21. The van der Waals surface area contributed by atoms with Crippen molar-refractivity contribution in [3.8, 4) is 22.6 Å². The highest BCUT2D eigenvalue weighted by Crippen LogP contribution is 2.34. The van der Waals surface area contributed by atoms with Crippen LogP contribution in [0.25, 0.3) is 11.1 Å². The summed E-state index contributed by atoms with van der Waals surface area (Å²) in [4.78, 5) is 20.6. The second-order valence-corrected chi connectivity index (χ2v) is 8.03. The van der Waals surface area contributed by atoms with Crippen LogP contribution in [0.3, 0.4) is 0 Å². The van der Waals surface area contributed by atoms with Crippen LogP contribution in [0.5, 0.6) is 11.5 Å². The molecule has 0 aliphatic heterocycles. The van der Waals surface area contributed by atoms with Crippen LogP contribution >= 0.6 is 0 Å². The molecule has 0 spiro atoms. The monoisotopic (exact) mass is 472 g/mol. The van der Waals surface area contributed by atoms with Crippen molar-refractivity contribution in [2.24, 2.45) is 0 Å². The van der Waals surface area contributed by atoms with Crippen molar-refractivity contribution in [2.45, 2.75) is 52.3 Å². The van der Waals surface area contributed by atoms with Crippen LogP contribution in [0, 0.1) is 6.92 Å². The summed E-state index contributed by atoms with van der Waals surface area (Å²) in [5, 5.41) is 0. The molecule has 1 unspecified atom stereocenters. The number of carbonyl (C=O) groups is 1. The summed E-state index contributed by atoms with van der Waals surface area (Å²) in [6, 6.07) is 18.0. The van der Waals surface area contributed by atoms with Crippen LogP contribution in [-0.2, 0) is 15.9 Å². The van der Waals surface area contributed by atoms with E-state index in [4.69, 9.17) is 9.62 Å². The van der Waals surface area contributed by atoms with Gasteiger partial charge in [0.1, 0.15) is 11.9 Å². The molecule has 0 aliphatic rings. The van der Waals surface area contributed by atoms with Gasteiger partial charge < -0.3 is 4.74 Å². The summed E-state index contributed by atoms with van der Waals surface area (Å²) in [6.07, 6.45) is -1.89. The highest BCUT2D eigenvalue weighted by atomic mass is 19.4. The van der Waals surface area contributed by atoms with Gasteiger partial charge in [-0.25, -0.2) is 4.79 Å². The zero-order valence-corrected chi connectivity index (χ0v) is 19.3. The van der Waals surface area contributed by atoms with Crippen molar-refractivity contribution in [2.75, 3.05) is 0 Å². The second-order valence-electron chi connectivity index (χ2n) is 8.03. The number of ether oxygens (including phenoxy) is 1. The van der Waals surface area contributed by atoms with E-state index in [1.807, 2.05) is 31.2 Å². The fourth-order valence-electron chi connectivity index (χ4n) is 3.51. The Morgan fingerprint density at radius 3 is 2.32 bits per heavy atom. The first-order chi connectivity index (χ1) is 16.2. The molecule has 3 rings (SSSR count). The van der Waals surface area contributed by atoms with Crippen LogP contribution in [-0.4, -0.2) is 5.97 Å². The van der Waals surface area contributed by atoms with E-state index in [9.17, 15) is 18.0 Å². The first-order valence-corrected chi connectivity index (χ1v) is 11.1. The molecule has 0 heterocycles. The number of aryl methyl sites for hydroxylation is 1. The number of benzene rings is 3. The third-order valence-electron chi connectivity index (χ3n) is 5.30. The lowest BCUT2D eigenvalue weighted by molar-refractivity contribution is -0.211. The van der Waals surface area contributed by atoms with E-state index >= 15 is 0 Å². The molecule has 0 aliphatic carbocycles. The van der Waals surface area contributed by atoms with Crippen molar-refractivity contribution in [3.63, 3.8) is 0 Å². The molecule has 0 amide bonds. The maximum atomic E-state index is 12.9. The van der Waals surface area contributed by atoms with Gasteiger partial charge in [-0.3, -0.25) is 9.78 Å². The zero-order chi connectivity index (χ0) is 24.7. The zero-order valence-electron chi connectivity index (χ0n) is 19.3. The number of hydrogen-bond acceptors (Lipinski definition) is 4. The molecule has 0 bridgehead atoms. The topological polar surface area (TPSA) is 44.8 Å². The molecular weight excluding hydrogens is 445 g/mol. The standard InChI is InChI=1S/C27H27F3O4/c1-4-5-9-26(32-24-14-15-25(18(2)16-24)34-33-19(3)31)22-8-6-7-21(17-22)20-10-12-23(13-11-20)27(28,29)30/h6-8,10-17,26H,4-5,9H2,1-3H3. The van der Waals surface area contributed by atoms with Crippen LogP contribution in [0.15, 0.2) is 66.7 Å². The SMILES string of the molecule is CCCCC(Oc1ccc(OOC(C)=O)c(C)c1)c1cccc(-c2ccc(C(F)(F)F)cc2)c1. The maximum absolute atomic E-state index is 12.9. The average Bonchev–Trinajstić information content (AvgIpc) is 2.80. The number of hydrogen-bond donors (Lipinski definition) is 0. The summed E-state index contributed by atoms with van der Waals surface area (Å²) in [7, 11) is 0. The summed E-state index contributed by atoms with van der Waals surface area (Å²) in [5.41, 5.74) is 2.52. The number of carbonyl (C=O) groups excluding carboxylic acids is 1. The third kappa shape index (κ3) is 6.76. The minimum atomic E-state index is -4.36. The van der Waals surface area contributed by atoms with Gasteiger partial charge in [0, 0.05) is 12.5 Å². The van der Waals surface area contributed by atoms with Gasteiger partial charge in [-0.15, -0.1) is 0 Å². The van der Waals surface area contributed by atoms with Gasteiger partial charge in [0.05, 0.1) is 5.56 Å². The Bertz CT molecular complexity index is 1110. The number of halogens is 3. The van der Waals surface area contributed by atoms with E-state index in [0.29, 0.717) is 17.1 Å². The molecule has 0 radical (unpaired) electrons. The summed E-state index contributed by atoms with van der Waals surface area (Å²) >= 11 is 0. The predicted octanol–water partition coefficient (Wildman–Crippen LogP) is 7.85. The number of unbranched alkanes of at least 4 members (excludes halogenated alkanes) is 1. The molecule has 3 aromatic carbocycles. The quantitative estimate of drug-likeness (QED) is 0.235. The van der Waals surface area contributed by atoms with Crippen molar-refractivity contribution in [3.05, 3.63) is 83.4 Å². The van der Waals surface area contributed by atoms with Gasteiger partial charge in [0.2, 0.25) is 0 Å². The Balaban J connectivity index is 1.83. The molecule has 3 aromatic rings. The van der Waals surface area contributed by atoms with Crippen LogP contribution < -0.4 is 9.62 Å². The molecule has 1 atom stereocenters. The third-order valence-corrected chi connectivity index (χ3v) is 5.30. The molecule has 0 saturated carbocycles. The molecule has 0 saturated heterocycles. The van der Waals surface area contributed by atoms with Crippen LogP contribution in [0.1, 0.15) is 55.9 Å². The molecule has 0 N–H and O–H groups in total. The Morgan fingerprint density at radius 2 is 1.71 bits per heavy atom. The van der Waals surface area contributed by atoms with E-state index in [-0.39, 0.29) is 6.10 Å². The van der Waals surface area contributed by atoms with Gasteiger partial charge in [0.25, 0.3) is 0 Å². The smallest absolute Gasteiger partial charge is 0.416 e. The van der Waals surface area contributed by atoms with Crippen LogP contribution in [0.2, 0.25) is 0 Å². The van der Waals surface area contributed by atoms with E-state index in [0.717, 1.165) is 48.1 Å². The molecule has 0 fully saturated rings. The number of alkyl halides is 3. The summed E-state index contributed by atoms with van der Waals surface area (Å²) < 4.78 is 45.0. The van der Waals surface area contributed by atoms with E-state index in [2.05, 4.69) is 11.8 Å². The fraction of sp³-hybridized carbons (Fsp3) is 0.296. The highest BCUT2D eigenvalue weighted by molar-refractivity contribution is 5.65. The Labute approximate surface area is 197 Å². The lowest BCUT2D eigenvalue weighted by Gasteiger charge is -2.21. The van der Waals surface area contributed by atoms with E-state index in [1.54, 1.807) is 18.2 Å². The van der Waals surface area contributed by atoms with E-state index < -0.39 is 17.7 Å². The maximum Gasteiger partial charge on any atom is 0.416 e. The molecule has 180 valence electrons. The largest absolute Gasteiger partial charge is 0.486 e. The fourth-order valence-corrected chi connectivity index (χ4v) is 3.51. The lowest BCUT2D eigenvalue weighted by Crippen LogP contribution is -2.09. The van der Waals surface area contributed by atoms with Gasteiger partial charge in [-0.05, 0) is 72.9 Å². The van der Waals surface area contributed by atoms with E-state index in [1.165, 1.54) is 19.1 Å². The van der Waals surface area contributed by atoms with Gasteiger partial charge in [-0.2, -0.15) is 13.2 Å². The highest BCUT2D eigenvalue weighted by Gasteiger charge is 2.30. The Hall–Kier alpha value is -3.48. The van der Waals surface area contributed by atoms with Crippen molar-refractivity contribution in [1.29, 1.82) is 0 Å². The minimum Gasteiger partial charge on any atom is -0.486 e. The molecule has 34 heavy (non-hydrogen) atoms.